The molecule has 26 heavy (non-hydrogen) atoms. The summed E-state index contributed by atoms with van der Waals surface area (Å²) in [6.45, 7) is 3.78. The summed E-state index contributed by atoms with van der Waals surface area (Å²) in [6, 6.07) is -1.31. The van der Waals surface area contributed by atoms with E-state index in [9.17, 15) is 30.3 Å². The van der Waals surface area contributed by atoms with Crippen molar-refractivity contribution < 1.29 is 35.1 Å². The van der Waals surface area contributed by atoms with E-state index in [1.807, 2.05) is 0 Å². The summed E-state index contributed by atoms with van der Waals surface area (Å²) in [5.74, 6) is 0. The van der Waals surface area contributed by atoms with Gasteiger partial charge >= 0.3 is 6.03 Å². The number of urea groups is 1. The number of ether oxygens (including phenoxy) is 1. The lowest BCUT2D eigenvalue weighted by atomic mass is 10.0. The SMILES string of the molecule is CCNC(=O)NC(COC1C=CCC(O)C(O)C1O)C(O)CC(O)CC. The van der Waals surface area contributed by atoms with Crippen molar-refractivity contribution in [2.75, 3.05) is 13.2 Å². The van der Waals surface area contributed by atoms with Crippen LogP contribution in [0, 0.1) is 0 Å². The Morgan fingerprint density at radius 3 is 2.54 bits per heavy atom. The minimum atomic E-state index is -1.36. The van der Waals surface area contributed by atoms with Crippen molar-refractivity contribution in [3.8, 4) is 0 Å². The van der Waals surface area contributed by atoms with E-state index in [0.29, 0.717) is 13.0 Å². The number of nitrogens with one attached hydrogen (secondary N) is 2. The van der Waals surface area contributed by atoms with Crippen LogP contribution in [0.15, 0.2) is 12.2 Å². The Balaban J connectivity index is 2.72. The molecule has 9 heteroatoms. The van der Waals surface area contributed by atoms with Crippen LogP contribution in [0.5, 0.6) is 0 Å². The molecule has 0 bridgehead atoms. The van der Waals surface area contributed by atoms with Crippen molar-refractivity contribution in [2.45, 2.75) is 75.8 Å². The Labute approximate surface area is 153 Å². The summed E-state index contributed by atoms with van der Waals surface area (Å²) >= 11 is 0. The Bertz CT molecular complexity index is 449. The minimum absolute atomic E-state index is 0.0569. The molecule has 1 aliphatic rings. The number of carbonyl (C=O) groups is 1. The third-order valence-corrected chi connectivity index (χ3v) is 4.36. The molecule has 9 nitrogen and oxygen atoms in total. The highest BCUT2D eigenvalue weighted by molar-refractivity contribution is 5.74. The van der Waals surface area contributed by atoms with Crippen LogP contribution in [-0.4, -0.2) is 87.4 Å². The fourth-order valence-electron chi connectivity index (χ4n) is 2.63. The highest BCUT2D eigenvalue weighted by Crippen LogP contribution is 2.17. The van der Waals surface area contributed by atoms with Crippen LogP contribution in [0.3, 0.4) is 0 Å². The largest absolute Gasteiger partial charge is 0.393 e. The first-order chi connectivity index (χ1) is 12.3. The van der Waals surface area contributed by atoms with Gasteiger partial charge in [-0.05, 0) is 19.8 Å². The third-order valence-electron chi connectivity index (χ3n) is 4.36. The van der Waals surface area contributed by atoms with E-state index in [4.69, 9.17) is 4.74 Å². The minimum Gasteiger partial charge on any atom is -0.393 e. The zero-order valence-corrected chi connectivity index (χ0v) is 15.3. The van der Waals surface area contributed by atoms with Gasteiger partial charge in [0.25, 0.3) is 0 Å². The van der Waals surface area contributed by atoms with Gasteiger partial charge in [-0.3, -0.25) is 0 Å². The molecule has 0 radical (unpaired) electrons. The number of carbonyl (C=O) groups excluding carboxylic acids is 1. The van der Waals surface area contributed by atoms with Gasteiger partial charge in [0.05, 0.1) is 31.0 Å². The first-order valence-electron chi connectivity index (χ1n) is 9.03. The van der Waals surface area contributed by atoms with Crippen molar-refractivity contribution in [3.05, 3.63) is 12.2 Å². The number of aliphatic hydroxyl groups excluding tert-OH is 5. The molecule has 0 aliphatic heterocycles. The lowest BCUT2D eigenvalue weighted by Crippen LogP contribution is -2.52. The number of aliphatic hydroxyl groups is 5. The molecule has 1 aliphatic carbocycles. The van der Waals surface area contributed by atoms with E-state index in [-0.39, 0.29) is 19.4 Å². The summed E-state index contributed by atoms with van der Waals surface area (Å²) in [7, 11) is 0. The molecule has 7 N–H and O–H groups in total. The predicted octanol–water partition coefficient (Wildman–Crippen LogP) is -1.38. The summed E-state index contributed by atoms with van der Waals surface area (Å²) in [5.41, 5.74) is 0. The van der Waals surface area contributed by atoms with E-state index >= 15 is 0 Å². The standard InChI is InChI=1S/C17H32N2O7/c1-3-10(20)8-13(22)11(19-17(25)18-4-2)9-26-14-7-5-6-12(21)15(23)16(14)24/h5,7,10-16,20-24H,3-4,6,8-9H2,1-2H3,(H2,18,19,25). The van der Waals surface area contributed by atoms with Gasteiger partial charge in [0.1, 0.15) is 18.3 Å². The second-order valence-electron chi connectivity index (χ2n) is 6.49. The van der Waals surface area contributed by atoms with Crippen LogP contribution in [0.4, 0.5) is 4.79 Å². The Hall–Kier alpha value is -1.23. The van der Waals surface area contributed by atoms with Gasteiger partial charge in [0, 0.05) is 13.0 Å². The highest BCUT2D eigenvalue weighted by atomic mass is 16.5. The smallest absolute Gasteiger partial charge is 0.315 e. The van der Waals surface area contributed by atoms with Gasteiger partial charge in [-0.15, -0.1) is 0 Å². The molecule has 0 aromatic heterocycles. The average molecular weight is 376 g/mol. The van der Waals surface area contributed by atoms with E-state index in [1.54, 1.807) is 19.9 Å². The average Bonchev–Trinajstić information content (AvgIpc) is 2.72. The third kappa shape index (κ3) is 7.18. The maximum absolute atomic E-state index is 11.8. The predicted molar refractivity (Wildman–Crippen MR) is 94.4 cm³/mol. The van der Waals surface area contributed by atoms with E-state index in [1.165, 1.54) is 6.08 Å². The fraction of sp³-hybridized carbons (Fsp3) is 0.824. The fourth-order valence-corrected chi connectivity index (χ4v) is 2.63. The van der Waals surface area contributed by atoms with Crippen LogP contribution in [-0.2, 0) is 4.74 Å². The molecule has 0 spiro atoms. The molecule has 0 aromatic rings. The topological polar surface area (TPSA) is 152 Å². The summed E-state index contributed by atoms with van der Waals surface area (Å²) in [6.07, 6.45) is -2.65. The first kappa shape index (κ1) is 22.8. The number of hydrogen-bond donors (Lipinski definition) is 7. The van der Waals surface area contributed by atoms with Gasteiger partial charge in [0.15, 0.2) is 0 Å². The maximum Gasteiger partial charge on any atom is 0.315 e. The second kappa shape index (κ2) is 11.5. The highest BCUT2D eigenvalue weighted by Gasteiger charge is 2.33. The number of hydrogen-bond acceptors (Lipinski definition) is 7. The van der Waals surface area contributed by atoms with Crippen LogP contribution in [0.1, 0.15) is 33.1 Å². The number of rotatable bonds is 9. The monoisotopic (exact) mass is 376 g/mol. The van der Waals surface area contributed by atoms with Crippen LogP contribution < -0.4 is 10.6 Å². The van der Waals surface area contributed by atoms with Gasteiger partial charge in [-0.2, -0.15) is 0 Å². The van der Waals surface area contributed by atoms with E-state index in [0.717, 1.165) is 0 Å². The molecular formula is C17H32N2O7. The van der Waals surface area contributed by atoms with Crippen LogP contribution in [0.2, 0.25) is 0 Å². The zero-order chi connectivity index (χ0) is 19.7. The zero-order valence-electron chi connectivity index (χ0n) is 15.3. The summed E-state index contributed by atoms with van der Waals surface area (Å²) < 4.78 is 5.58. The molecule has 0 saturated heterocycles. The van der Waals surface area contributed by atoms with E-state index < -0.39 is 48.7 Å². The van der Waals surface area contributed by atoms with Crippen molar-refractivity contribution in [1.29, 1.82) is 0 Å². The molecule has 7 unspecified atom stereocenters. The van der Waals surface area contributed by atoms with Crippen molar-refractivity contribution in [3.63, 3.8) is 0 Å². The molecule has 2 amide bonds. The quantitative estimate of drug-likeness (QED) is 0.245. The van der Waals surface area contributed by atoms with Gasteiger partial charge in [-0.25, -0.2) is 4.79 Å². The van der Waals surface area contributed by atoms with Crippen LogP contribution in [0.25, 0.3) is 0 Å². The molecule has 0 aromatic carbocycles. The molecule has 1 rings (SSSR count). The van der Waals surface area contributed by atoms with Gasteiger partial charge in [0.2, 0.25) is 0 Å². The van der Waals surface area contributed by atoms with Gasteiger partial charge in [-0.1, -0.05) is 19.1 Å². The van der Waals surface area contributed by atoms with Crippen LogP contribution >= 0.6 is 0 Å². The van der Waals surface area contributed by atoms with Crippen molar-refractivity contribution >= 4 is 6.03 Å². The first-order valence-corrected chi connectivity index (χ1v) is 9.03. The molecule has 152 valence electrons. The summed E-state index contributed by atoms with van der Waals surface area (Å²) in [5, 5.41) is 54.8. The Morgan fingerprint density at radius 1 is 1.23 bits per heavy atom. The second-order valence-corrected chi connectivity index (χ2v) is 6.49. The molecule has 7 atom stereocenters. The van der Waals surface area contributed by atoms with Crippen molar-refractivity contribution in [2.24, 2.45) is 0 Å². The lowest BCUT2D eigenvalue weighted by molar-refractivity contribution is -0.110. The lowest BCUT2D eigenvalue weighted by Gasteiger charge is -2.29. The van der Waals surface area contributed by atoms with E-state index in [2.05, 4.69) is 10.6 Å². The Morgan fingerprint density at radius 2 is 1.92 bits per heavy atom. The van der Waals surface area contributed by atoms with Gasteiger partial charge < -0.3 is 40.9 Å². The molecule has 0 fully saturated rings. The molecule has 0 saturated carbocycles. The molecule has 0 heterocycles. The number of amides is 2. The maximum atomic E-state index is 11.8. The summed E-state index contributed by atoms with van der Waals surface area (Å²) in [4.78, 5) is 11.8. The Kier molecular flexibility index (Phi) is 10.1. The normalized spacial score (nSPS) is 29.5. The van der Waals surface area contributed by atoms with Crippen molar-refractivity contribution in [1.82, 2.24) is 10.6 Å². The molecular weight excluding hydrogens is 344 g/mol.